The van der Waals surface area contributed by atoms with Crippen molar-refractivity contribution in [3.8, 4) is 0 Å². The molecule has 1 amide bonds. The number of esters is 1. The summed E-state index contributed by atoms with van der Waals surface area (Å²) in [5.41, 5.74) is 5.52. The number of hydrogen-bond donors (Lipinski definition) is 2. The third-order valence-electron chi connectivity index (χ3n) is 2.80. The molecule has 0 bridgehead atoms. The van der Waals surface area contributed by atoms with Crippen LogP contribution >= 0.6 is 58.0 Å². The molecule has 0 saturated carbocycles. The number of nitrogen functional groups attached to an aromatic ring is 1. The lowest BCUT2D eigenvalue weighted by molar-refractivity contribution is -0.119. The van der Waals surface area contributed by atoms with Gasteiger partial charge in [0.05, 0.1) is 20.8 Å². The second-order valence-electron chi connectivity index (χ2n) is 4.55. The van der Waals surface area contributed by atoms with Crippen molar-refractivity contribution in [3.63, 3.8) is 0 Å². The van der Waals surface area contributed by atoms with E-state index in [1.54, 1.807) is 0 Å². The van der Waals surface area contributed by atoms with Crippen LogP contribution in [0.2, 0.25) is 25.2 Å². The average molecular weight is 444 g/mol. The molecule has 1 aromatic carbocycles. The van der Waals surface area contributed by atoms with Gasteiger partial charge in [0, 0.05) is 5.69 Å². The Morgan fingerprint density at radius 1 is 1.08 bits per heavy atom. The molecule has 1 aromatic heterocycles. The second-order valence-corrected chi connectivity index (χ2v) is 6.47. The number of rotatable bonds is 4. The van der Waals surface area contributed by atoms with Crippen molar-refractivity contribution < 1.29 is 14.3 Å². The molecule has 0 radical (unpaired) electrons. The predicted molar refractivity (Wildman–Crippen MR) is 99.1 cm³/mol. The summed E-state index contributed by atoms with van der Waals surface area (Å²) in [4.78, 5) is 27.5. The molecular weight excluding hydrogens is 435 g/mol. The first-order chi connectivity index (χ1) is 11.7. The molecule has 2 rings (SSSR count). The largest absolute Gasteiger partial charge is 0.451 e. The van der Waals surface area contributed by atoms with Crippen molar-refractivity contribution in [1.82, 2.24) is 4.98 Å². The number of hydrogen-bond acceptors (Lipinski definition) is 5. The van der Waals surface area contributed by atoms with Gasteiger partial charge in [0.2, 0.25) is 0 Å². The van der Waals surface area contributed by atoms with Gasteiger partial charge in [-0.25, -0.2) is 9.78 Å². The zero-order valence-electron chi connectivity index (χ0n) is 12.1. The molecule has 0 saturated heterocycles. The topological polar surface area (TPSA) is 94.3 Å². The molecule has 132 valence electrons. The van der Waals surface area contributed by atoms with Crippen molar-refractivity contribution >= 4 is 81.3 Å². The molecule has 2 aromatic rings. The van der Waals surface area contributed by atoms with Crippen molar-refractivity contribution in [1.29, 1.82) is 0 Å². The van der Waals surface area contributed by atoms with E-state index in [0.717, 1.165) is 0 Å². The van der Waals surface area contributed by atoms with Gasteiger partial charge in [0.1, 0.15) is 5.02 Å². The van der Waals surface area contributed by atoms with E-state index in [4.69, 9.17) is 68.5 Å². The van der Waals surface area contributed by atoms with Crippen LogP contribution in [0.1, 0.15) is 10.5 Å². The highest BCUT2D eigenvalue weighted by molar-refractivity contribution is 6.46. The van der Waals surface area contributed by atoms with E-state index < -0.39 is 18.5 Å². The van der Waals surface area contributed by atoms with Crippen LogP contribution in [0.3, 0.4) is 0 Å². The van der Waals surface area contributed by atoms with Crippen LogP contribution in [0.25, 0.3) is 0 Å². The van der Waals surface area contributed by atoms with Gasteiger partial charge in [-0.1, -0.05) is 58.0 Å². The van der Waals surface area contributed by atoms with Gasteiger partial charge in [0.15, 0.2) is 17.5 Å². The van der Waals surface area contributed by atoms with Gasteiger partial charge in [-0.3, -0.25) is 4.79 Å². The highest BCUT2D eigenvalue weighted by Gasteiger charge is 2.21. The van der Waals surface area contributed by atoms with Crippen molar-refractivity contribution in [3.05, 3.63) is 49.1 Å². The molecule has 0 atom stereocenters. The van der Waals surface area contributed by atoms with E-state index in [1.165, 1.54) is 18.2 Å². The number of benzene rings is 1. The Bertz CT molecular complexity index is 860. The van der Waals surface area contributed by atoms with Gasteiger partial charge >= 0.3 is 5.97 Å². The summed E-state index contributed by atoms with van der Waals surface area (Å²) < 4.78 is 4.83. The zero-order valence-corrected chi connectivity index (χ0v) is 15.9. The molecule has 0 aliphatic carbocycles. The molecule has 6 nitrogen and oxygen atoms in total. The van der Waals surface area contributed by atoms with Crippen LogP contribution in [0.4, 0.5) is 11.4 Å². The number of nitrogens with zero attached hydrogens (tertiary/aromatic N) is 1. The molecule has 1 heterocycles. The summed E-state index contributed by atoms with van der Waals surface area (Å²) in [5.74, 6) is -1.60. The lowest BCUT2D eigenvalue weighted by Crippen LogP contribution is -2.21. The number of nitrogens with one attached hydrogen (secondary N) is 1. The Kier molecular flexibility index (Phi) is 6.59. The van der Waals surface area contributed by atoms with Gasteiger partial charge in [-0.05, 0) is 18.2 Å². The molecule has 11 heteroatoms. The fraction of sp³-hybridized carbons (Fsp3) is 0.0714. The Balaban J connectivity index is 2.02. The smallest absolute Gasteiger partial charge is 0.359 e. The molecule has 3 N–H and O–H groups in total. The lowest BCUT2D eigenvalue weighted by atomic mass is 10.3. The summed E-state index contributed by atoms with van der Waals surface area (Å²) in [7, 11) is 0. The number of halogens is 5. The lowest BCUT2D eigenvalue weighted by Gasteiger charge is -2.10. The van der Waals surface area contributed by atoms with Gasteiger partial charge in [-0.2, -0.15) is 0 Å². The molecule has 0 spiro atoms. The zero-order chi connectivity index (χ0) is 18.7. The first-order valence-corrected chi connectivity index (χ1v) is 8.31. The third kappa shape index (κ3) is 4.80. The number of pyridine rings is 1. The number of nitrogens with two attached hydrogens (primary N) is 1. The minimum absolute atomic E-state index is 0.0828. The number of carbonyl (C=O) groups is 2. The van der Waals surface area contributed by atoms with Gasteiger partial charge in [-0.15, -0.1) is 0 Å². The van der Waals surface area contributed by atoms with E-state index in [1.807, 2.05) is 0 Å². The maximum absolute atomic E-state index is 12.0. The van der Waals surface area contributed by atoms with Crippen LogP contribution in [-0.2, 0) is 9.53 Å². The highest BCUT2D eigenvalue weighted by Crippen LogP contribution is 2.34. The van der Waals surface area contributed by atoms with Crippen molar-refractivity contribution in [2.24, 2.45) is 0 Å². The first kappa shape index (κ1) is 19.9. The number of ether oxygens (including phenoxy) is 1. The summed E-state index contributed by atoms with van der Waals surface area (Å²) in [6.45, 7) is -0.600. The Morgan fingerprint density at radius 3 is 2.40 bits per heavy atom. The Hall–Kier alpha value is -1.44. The predicted octanol–water partition coefficient (Wildman–Crippen LogP) is 4.73. The van der Waals surface area contributed by atoms with Gasteiger partial charge in [0.25, 0.3) is 5.91 Å². The quantitative estimate of drug-likeness (QED) is 0.526. The van der Waals surface area contributed by atoms with Gasteiger partial charge < -0.3 is 15.8 Å². The number of anilines is 2. The minimum atomic E-state index is -0.987. The SMILES string of the molecule is Nc1c(Cl)c(Cl)nc(C(=O)OCC(=O)Nc2ccc(Cl)c(Cl)c2)c1Cl. The molecule has 0 fully saturated rings. The number of carbonyl (C=O) groups excluding carboxylic acids is 2. The summed E-state index contributed by atoms with van der Waals surface area (Å²) >= 11 is 29.0. The normalized spacial score (nSPS) is 10.4. The van der Waals surface area contributed by atoms with E-state index in [9.17, 15) is 9.59 Å². The molecule has 0 aliphatic rings. The minimum Gasteiger partial charge on any atom is -0.451 e. The molecule has 0 aliphatic heterocycles. The maximum Gasteiger partial charge on any atom is 0.359 e. The van der Waals surface area contributed by atoms with Crippen LogP contribution < -0.4 is 11.1 Å². The summed E-state index contributed by atoms with van der Waals surface area (Å²) in [6, 6.07) is 4.49. The average Bonchev–Trinajstić information content (AvgIpc) is 2.57. The monoisotopic (exact) mass is 441 g/mol. The third-order valence-corrected chi connectivity index (χ3v) is 4.68. The van der Waals surface area contributed by atoms with E-state index >= 15 is 0 Å². The van der Waals surface area contributed by atoms with E-state index in [0.29, 0.717) is 10.7 Å². The van der Waals surface area contributed by atoms with Crippen LogP contribution in [-0.4, -0.2) is 23.5 Å². The standard InChI is InChI=1S/C14H8Cl5N3O3/c15-6-2-1-5(3-7(6)16)21-8(23)4-25-14(24)12-9(17)11(20)10(18)13(19)22-12/h1-3H,4H2,(H2,20,22)(H,21,23). The van der Waals surface area contributed by atoms with Crippen LogP contribution in [0.5, 0.6) is 0 Å². The van der Waals surface area contributed by atoms with E-state index in [2.05, 4.69) is 10.3 Å². The fourth-order valence-corrected chi connectivity index (χ4v) is 2.52. The Labute approximate surface area is 167 Å². The van der Waals surface area contributed by atoms with E-state index in [-0.39, 0.29) is 31.6 Å². The molecular formula is C14H8Cl5N3O3. The fourth-order valence-electron chi connectivity index (χ4n) is 1.64. The van der Waals surface area contributed by atoms with Crippen LogP contribution in [0, 0.1) is 0 Å². The van der Waals surface area contributed by atoms with Crippen molar-refractivity contribution in [2.75, 3.05) is 17.7 Å². The highest BCUT2D eigenvalue weighted by atomic mass is 35.5. The molecule has 0 unspecified atom stereocenters. The summed E-state index contributed by atoms with van der Waals surface area (Å²) in [6.07, 6.45) is 0. The maximum atomic E-state index is 12.0. The number of aromatic nitrogens is 1. The summed E-state index contributed by atoms with van der Waals surface area (Å²) in [5, 5.41) is 2.57. The molecule has 25 heavy (non-hydrogen) atoms. The van der Waals surface area contributed by atoms with Crippen molar-refractivity contribution in [2.45, 2.75) is 0 Å². The Morgan fingerprint density at radius 2 is 1.76 bits per heavy atom. The second kappa shape index (κ2) is 8.29. The van der Waals surface area contributed by atoms with Crippen LogP contribution in [0.15, 0.2) is 18.2 Å². The number of amides is 1. The first-order valence-electron chi connectivity index (χ1n) is 6.42.